The first-order valence-electron chi connectivity index (χ1n) is 12.6. The summed E-state index contributed by atoms with van der Waals surface area (Å²) in [5.41, 5.74) is 1.80. The van der Waals surface area contributed by atoms with Crippen molar-refractivity contribution < 1.29 is 22.7 Å². The van der Waals surface area contributed by atoms with Crippen molar-refractivity contribution in [3.05, 3.63) is 95.0 Å². The van der Waals surface area contributed by atoms with Crippen molar-refractivity contribution in [1.82, 2.24) is 10.2 Å². The molecule has 2 amide bonds. The molecule has 0 aliphatic heterocycles. The fraction of sp³-hybridized carbons (Fsp3) is 0.310. The summed E-state index contributed by atoms with van der Waals surface area (Å²) in [7, 11) is -2.46. The molecular formula is C29H34ClN3O5S. The van der Waals surface area contributed by atoms with Gasteiger partial charge in [-0.3, -0.25) is 13.9 Å². The Balaban J connectivity index is 2.06. The number of hydrogen-bond acceptors (Lipinski definition) is 5. The number of amides is 2. The molecule has 0 saturated carbocycles. The monoisotopic (exact) mass is 571 g/mol. The molecule has 3 aromatic rings. The Hall–Kier alpha value is -3.56. The average Bonchev–Trinajstić information content (AvgIpc) is 2.92. The number of benzene rings is 3. The second-order valence-corrected chi connectivity index (χ2v) is 11.4. The number of anilines is 1. The Labute approximate surface area is 235 Å². The average molecular weight is 572 g/mol. The van der Waals surface area contributed by atoms with Gasteiger partial charge in [-0.25, -0.2) is 8.42 Å². The van der Waals surface area contributed by atoms with Crippen LogP contribution >= 0.6 is 11.6 Å². The summed E-state index contributed by atoms with van der Waals surface area (Å²) >= 11 is 6.22. The van der Waals surface area contributed by atoms with E-state index in [0.717, 1.165) is 22.5 Å². The first-order valence-corrected chi connectivity index (χ1v) is 14.8. The molecule has 0 aliphatic carbocycles. The highest BCUT2D eigenvalue weighted by molar-refractivity contribution is 7.92. The predicted molar refractivity (Wildman–Crippen MR) is 154 cm³/mol. The van der Waals surface area contributed by atoms with E-state index in [9.17, 15) is 18.0 Å². The summed E-state index contributed by atoms with van der Waals surface area (Å²) in [6, 6.07) is 22.1. The van der Waals surface area contributed by atoms with Crippen LogP contribution in [-0.4, -0.2) is 57.6 Å². The van der Waals surface area contributed by atoms with E-state index in [1.165, 1.54) is 12.0 Å². The molecule has 0 fully saturated rings. The molecule has 0 aliphatic rings. The van der Waals surface area contributed by atoms with Gasteiger partial charge in [0.25, 0.3) is 0 Å². The third-order valence-electron chi connectivity index (χ3n) is 6.10. The van der Waals surface area contributed by atoms with Gasteiger partial charge in [0.1, 0.15) is 18.3 Å². The molecule has 39 heavy (non-hydrogen) atoms. The first-order chi connectivity index (χ1) is 18.6. The van der Waals surface area contributed by atoms with Crippen molar-refractivity contribution in [2.24, 2.45) is 0 Å². The van der Waals surface area contributed by atoms with E-state index in [4.69, 9.17) is 16.3 Å². The van der Waals surface area contributed by atoms with Gasteiger partial charge in [0.2, 0.25) is 21.8 Å². The highest BCUT2D eigenvalue weighted by Gasteiger charge is 2.33. The predicted octanol–water partition coefficient (Wildman–Crippen LogP) is 4.28. The van der Waals surface area contributed by atoms with E-state index in [-0.39, 0.29) is 24.6 Å². The van der Waals surface area contributed by atoms with Crippen LogP contribution in [0, 0.1) is 0 Å². The molecule has 3 aromatic carbocycles. The Morgan fingerprint density at radius 2 is 1.64 bits per heavy atom. The number of para-hydroxylation sites is 2. The van der Waals surface area contributed by atoms with Gasteiger partial charge in [0, 0.05) is 24.5 Å². The van der Waals surface area contributed by atoms with Crippen LogP contribution in [0.4, 0.5) is 5.69 Å². The number of nitrogens with zero attached hydrogens (tertiary/aromatic N) is 2. The number of carbonyl (C=O) groups is 2. The third-order valence-corrected chi connectivity index (χ3v) is 7.46. The van der Waals surface area contributed by atoms with Gasteiger partial charge >= 0.3 is 0 Å². The highest BCUT2D eigenvalue weighted by Crippen LogP contribution is 2.30. The lowest BCUT2D eigenvalue weighted by molar-refractivity contribution is -0.140. The number of rotatable bonds is 13. The van der Waals surface area contributed by atoms with Crippen LogP contribution in [0.15, 0.2) is 78.9 Å². The fourth-order valence-corrected chi connectivity index (χ4v) is 5.25. The van der Waals surface area contributed by atoms with Crippen LogP contribution in [0.3, 0.4) is 0 Å². The van der Waals surface area contributed by atoms with Crippen LogP contribution < -0.4 is 14.4 Å². The number of methoxy groups -OCH3 is 1. The molecule has 1 atom stereocenters. The maximum atomic E-state index is 14.0. The summed E-state index contributed by atoms with van der Waals surface area (Å²) in [6.07, 6.45) is 2.00. The zero-order valence-corrected chi connectivity index (χ0v) is 23.9. The number of halogens is 1. The molecule has 3 rings (SSSR count). The van der Waals surface area contributed by atoms with Crippen LogP contribution in [0.5, 0.6) is 5.75 Å². The van der Waals surface area contributed by atoms with Gasteiger partial charge < -0.3 is 15.0 Å². The van der Waals surface area contributed by atoms with E-state index in [2.05, 4.69) is 5.32 Å². The normalized spacial score (nSPS) is 11.9. The Morgan fingerprint density at radius 1 is 0.974 bits per heavy atom. The zero-order chi connectivity index (χ0) is 28.4. The molecule has 8 nitrogen and oxygen atoms in total. The summed E-state index contributed by atoms with van der Waals surface area (Å²) in [4.78, 5) is 28.9. The molecule has 0 aromatic heterocycles. The van der Waals surface area contributed by atoms with E-state index in [0.29, 0.717) is 22.9 Å². The van der Waals surface area contributed by atoms with Crippen LogP contribution in [0.25, 0.3) is 0 Å². The fourth-order valence-electron chi connectivity index (χ4n) is 4.18. The molecule has 0 heterocycles. The van der Waals surface area contributed by atoms with Crippen molar-refractivity contribution in [2.45, 2.75) is 32.4 Å². The molecule has 0 bridgehead atoms. The standard InChI is InChI=1S/C29H34ClN3O5S/c1-4-17-31-29(35)26(19-22-11-6-5-7-12-22)32(20-23-13-10-14-24(30)18-23)28(34)21-33(39(3,36)37)25-15-8-9-16-27(25)38-2/h5-16,18,26H,4,17,19-21H2,1-3H3,(H,31,35)/t26-/m0/s1. The maximum absolute atomic E-state index is 14.0. The second-order valence-electron chi connectivity index (χ2n) is 9.09. The van der Waals surface area contributed by atoms with Crippen LogP contribution in [-0.2, 0) is 32.6 Å². The first kappa shape index (κ1) is 30.0. The highest BCUT2D eigenvalue weighted by atomic mass is 35.5. The molecule has 1 N–H and O–H groups in total. The van der Waals surface area contributed by atoms with Crippen molar-refractivity contribution >= 4 is 39.1 Å². The molecule has 0 spiro atoms. The molecule has 0 unspecified atom stereocenters. The van der Waals surface area contributed by atoms with E-state index >= 15 is 0 Å². The summed E-state index contributed by atoms with van der Waals surface area (Å²) in [6.45, 7) is 1.92. The SMILES string of the molecule is CCCNC(=O)[C@H](Cc1ccccc1)N(Cc1cccc(Cl)c1)C(=O)CN(c1ccccc1OC)S(C)(=O)=O. The Morgan fingerprint density at radius 3 is 2.28 bits per heavy atom. The minimum absolute atomic E-state index is 0.0555. The van der Waals surface area contributed by atoms with Crippen LogP contribution in [0.1, 0.15) is 24.5 Å². The zero-order valence-electron chi connectivity index (χ0n) is 22.3. The minimum atomic E-state index is -3.89. The van der Waals surface area contributed by atoms with Crippen molar-refractivity contribution in [1.29, 1.82) is 0 Å². The molecule has 10 heteroatoms. The molecule has 0 saturated heterocycles. The van der Waals surface area contributed by atoms with Crippen LogP contribution in [0.2, 0.25) is 5.02 Å². The summed E-state index contributed by atoms with van der Waals surface area (Å²) in [5, 5.41) is 3.40. The molecule has 208 valence electrons. The Kier molecular flexibility index (Phi) is 10.8. The Bertz CT molecular complexity index is 1370. The molecule has 0 radical (unpaired) electrons. The smallest absolute Gasteiger partial charge is 0.244 e. The van der Waals surface area contributed by atoms with Crippen molar-refractivity contribution in [2.75, 3.05) is 30.8 Å². The van der Waals surface area contributed by atoms with Gasteiger partial charge in [0.15, 0.2) is 0 Å². The van der Waals surface area contributed by atoms with Gasteiger partial charge in [-0.1, -0.05) is 73.1 Å². The lowest BCUT2D eigenvalue weighted by Gasteiger charge is -2.33. The topological polar surface area (TPSA) is 96.0 Å². The van der Waals surface area contributed by atoms with Gasteiger partial charge in [-0.15, -0.1) is 0 Å². The molecular weight excluding hydrogens is 538 g/mol. The summed E-state index contributed by atoms with van der Waals surface area (Å²) in [5.74, 6) is -0.559. The number of carbonyl (C=O) groups excluding carboxylic acids is 2. The number of nitrogens with one attached hydrogen (secondary N) is 1. The third kappa shape index (κ3) is 8.46. The minimum Gasteiger partial charge on any atom is -0.495 e. The van der Waals surface area contributed by atoms with Crippen molar-refractivity contribution in [3.63, 3.8) is 0 Å². The quantitative estimate of drug-likeness (QED) is 0.330. The van der Waals surface area contributed by atoms with E-state index in [1.807, 2.05) is 43.3 Å². The lowest BCUT2D eigenvalue weighted by Crippen LogP contribution is -2.53. The largest absolute Gasteiger partial charge is 0.495 e. The van der Waals surface area contributed by atoms with E-state index in [1.54, 1.807) is 42.5 Å². The van der Waals surface area contributed by atoms with Crippen molar-refractivity contribution in [3.8, 4) is 5.75 Å². The lowest BCUT2D eigenvalue weighted by atomic mass is 10.0. The van der Waals surface area contributed by atoms with E-state index < -0.39 is 28.5 Å². The summed E-state index contributed by atoms with van der Waals surface area (Å²) < 4.78 is 32.2. The second kappa shape index (κ2) is 14.0. The van der Waals surface area contributed by atoms with Gasteiger partial charge in [-0.05, 0) is 41.8 Å². The maximum Gasteiger partial charge on any atom is 0.244 e. The number of ether oxygens (including phenoxy) is 1. The van der Waals surface area contributed by atoms with Gasteiger partial charge in [0.05, 0.1) is 19.1 Å². The van der Waals surface area contributed by atoms with Gasteiger partial charge in [-0.2, -0.15) is 0 Å². The number of sulfonamides is 1. The number of hydrogen-bond donors (Lipinski definition) is 1.